The second kappa shape index (κ2) is 7.57. The van der Waals surface area contributed by atoms with Crippen molar-refractivity contribution >= 4 is 12.0 Å². The first-order valence-corrected chi connectivity index (χ1v) is 7.80. The third-order valence-electron chi connectivity index (χ3n) is 3.80. The lowest BCUT2D eigenvalue weighted by atomic mass is 10.0. The molecule has 0 fully saturated rings. The summed E-state index contributed by atoms with van der Waals surface area (Å²) in [6, 6.07) is 14.7. The van der Waals surface area contributed by atoms with E-state index in [0.717, 1.165) is 0 Å². The number of carbonyl (C=O) groups excluding carboxylic acids is 1. The summed E-state index contributed by atoms with van der Waals surface area (Å²) in [7, 11) is 1.67. The van der Waals surface area contributed by atoms with E-state index in [4.69, 9.17) is 4.42 Å². The van der Waals surface area contributed by atoms with E-state index in [1.165, 1.54) is 29.4 Å². The van der Waals surface area contributed by atoms with Crippen LogP contribution in [0.4, 0.5) is 4.39 Å². The lowest BCUT2D eigenvalue weighted by Crippen LogP contribution is -2.31. The Bertz CT molecular complexity index is 860. The predicted molar refractivity (Wildman–Crippen MR) is 93.0 cm³/mol. The van der Waals surface area contributed by atoms with E-state index in [9.17, 15) is 9.18 Å². The maximum absolute atomic E-state index is 13.7. The highest BCUT2D eigenvalue weighted by Crippen LogP contribution is 2.27. The molecule has 0 aliphatic rings. The molecule has 0 unspecified atom stereocenters. The van der Waals surface area contributed by atoms with E-state index in [1.54, 1.807) is 49.7 Å². The molecule has 0 spiro atoms. The number of hydrogen-bond acceptors (Lipinski definition) is 3. The zero-order valence-corrected chi connectivity index (χ0v) is 13.7. The van der Waals surface area contributed by atoms with Gasteiger partial charge in [0.15, 0.2) is 0 Å². The van der Waals surface area contributed by atoms with Gasteiger partial charge in [0.25, 0.3) is 0 Å². The van der Waals surface area contributed by atoms with Gasteiger partial charge in [-0.25, -0.2) is 4.39 Å². The van der Waals surface area contributed by atoms with Crippen LogP contribution in [0.15, 0.2) is 77.6 Å². The van der Waals surface area contributed by atoms with E-state index in [0.29, 0.717) is 17.0 Å². The zero-order chi connectivity index (χ0) is 17.6. The average molecular weight is 336 g/mol. The minimum absolute atomic E-state index is 0.240. The maximum Gasteiger partial charge on any atom is 0.247 e. The van der Waals surface area contributed by atoms with E-state index in [2.05, 4.69) is 4.98 Å². The van der Waals surface area contributed by atoms with Gasteiger partial charge in [0.2, 0.25) is 5.91 Å². The Morgan fingerprint density at radius 2 is 2.08 bits per heavy atom. The predicted octanol–water partition coefficient (Wildman–Crippen LogP) is 4.07. The maximum atomic E-state index is 13.7. The molecule has 0 aliphatic heterocycles. The van der Waals surface area contributed by atoms with Crippen molar-refractivity contribution in [3.05, 3.63) is 96.0 Å². The summed E-state index contributed by atoms with van der Waals surface area (Å²) in [5.74, 6) is -0.0105. The molecule has 126 valence electrons. The number of halogens is 1. The molecule has 0 N–H and O–H groups in total. The van der Waals surface area contributed by atoms with Crippen LogP contribution in [0.3, 0.4) is 0 Å². The lowest BCUT2D eigenvalue weighted by molar-refractivity contribution is -0.126. The van der Waals surface area contributed by atoms with Crippen molar-refractivity contribution in [3.8, 4) is 0 Å². The van der Waals surface area contributed by atoms with Crippen LogP contribution in [0.25, 0.3) is 6.08 Å². The van der Waals surface area contributed by atoms with Gasteiger partial charge in [0.05, 0.1) is 18.0 Å². The molecule has 3 rings (SSSR count). The summed E-state index contributed by atoms with van der Waals surface area (Å²) in [5.41, 5.74) is 1.32. The van der Waals surface area contributed by atoms with Crippen molar-refractivity contribution in [2.75, 3.05) is 7.05 Å². The van der Waals surface area contributed by atoms with E-state index in [1.807, 2.05) is 12.1 Å². The molecule has 1 aromatic carbocycles. The molecular weight excluding hydrogens is 319 g/mol. The van der Waals surface area contributed by atoms with Gasteiger partial charge in [-0.15, -0.1) is 0 Å². The molecule has 1 atom stereocenters. The van der Waals surface area contributed by atoms with E-state index >= 15 is 0 Å². The molecule has 3 aromatic rings. The van der Waals surface area contributed by atoms with Gasteiger partial charge in [-0.3, -0.25) is 9.78 Å². The molecule has 0 bridgehead atoms. The zero-order valence-electron chi connectivity index (χ0n) is 13.7. The molecule has 0 radical (unpaired) electrons. The number of amides is 1. The Labute approximate surface area is 145 Å². The molecule has 1 amide bonds. The number of aromatic nitrogens is 1. The summed E-state index contributed by atoms with van der Waals surface area (Å²) in [4.78, 5) is 18.5. The minimum Gasteiger partial charge on any atom is -0.465 e. The van der Waals surface area contributed by atoms with Crippen molar-refractivity contribution < 1.29 is 13.6 Å². The number of pyridine rings is 1. The van der Waals surface area contributed by atoms with Crippen LogP contribution in [0.5, 0.6) is 0 Å². The van der Waals surface area contributed by atoms with Crippen molar-refractivity contribution in [2.45, 2.75) is 6.04 Å². The third kappa shape index (κ3) is 4.01. The van der Waals surface area contributed by atoms with Gasteiger partial charge in [0.1, 0.15) is 11.6 Å². The summed E-state index contributed by atoms with van der Waals surface area (Å²) in [6.07, 6.45) is 6.21. The highest BCUT2D eigenvalue weighted by atomic mass is 19.1. The summed E-state index contributed by atoms with van der Waals surface area (Å²) in [6.45, 7) is 0. The summed E-state index contributed by atoms with van der Waals surface area (Å²) < 4.78 is 18.9. The van der Waals surface area contributed by atoms with Crippen molar-refractivity contribution in [1.29, 1.82) is 0 Å². The fraction of sp³-hybridized carbons (Fsp3) is 0.100. The molecular formula is C20H17FN2O2. The van der Waals surface area contributed by atoms with Gasteiger partial charge >= 0.3 is 0 Å². The third-order valence-corrected chi connectivity index (χ3v) is 3.80. The Kier molecular flexibility index (Phi) is 5.04. The Balaban J connectivity index is 1.92. The number of furan rings is 1. The number of carbonyl (C=O) groups is 1. The first-order valence-electron chi connectivity index (χ1n) is 7.80. The van der Waals surface area contributed by atoms with Crippen LogP contribution in [0.1, 0.15) is 23.1 Å². The molecule has 5 heteroatoms. The quantitative estimate of drug-likeness (QED) is 0.660. The van der Waals surface area contributed by atoms with Crippen LogP contribution < -0.4 is 0 Å². The van der Waals surface area contributed by atoms with Crippen LogP contribution in [-0.2, 0) is 4.79 Å². The minimum atomic E-state index is -0.495. The number of likely N-dealkylation sites (N-methyl/N-ethyl adjacent to an activating group) is 1. The number of benzene rings is 1. The first kappa shape index (κ1) is 16.6. The number of hydrogen-bond donors (Lipinski definition) is 0. The van der Waals surface area contributed by atoms with Crippen molar-refractivity contribution in [3.63, 3.8) is 0 Å². The Morgan fingerprint density at radius 3 is 2.76 bits per heavy atom. The van der Waals surface area contributed by atoms with Gasteiger partial charge < -0.3 is 9.32 Å². The summed E-state index contributed by atoms with van der Waals surface area (Å²) in [5, 5.41) is 0. The molecule has 0 aliphatic carbocycles. The van der Waals surface area contributed by atoms with Crippen molar-refractivity contribution in [2.24, 2.45) is 0 Å². The Hall–Kier alpha value is -3.21. The van der Waals surface area contributed by atoms with Gasteiger partial charge in [0, 0.05) is 19.3 Å². The highest BCUT2D eigenvalue weighted by molar-refractivity contribution is 5.91. The monoisotopic (exact) mass is 336 g/mol. The van der Waals surface area contributed by atoms with E-state index in [-0.39, 0.29) is 11.7 Å². The topological polar surface area (TPSA) is 46.3 Å². The summed E-state index contributed by atoms with van der Waals surface area (Å²) >= 11 is 0. The van der Waals surface area contributed by atoms with Crippen LogP contribution in [-0.4, -0.2) is 22.8 Å². The van der Waals surface area contributed by atoms with Gasteiger partial charge in [-0.2, -0.15) is 0 Å². The molecule has 4 nitrogen and oxygen atoms in total. The second-order valence-corrected chi connectivity index (χ2v) is 5.51. The number of rotatable bonds is 5. The Morgan fingerprint density at radius 1 is 1.20 bits per heavy atom. The molecule has 0 saturated carbocycles. The van der Waals surface area contributed by atoms with Gasteiger partial charge in [-0.1, -0.05) is 18.2 Å². The van der Waals surface area contributed by atoms with Crippen LogP contribution in [0, 0.1) is 5.82 Å². The second-order valence-electron chi connectivity index (χ2n) is 5.51. The standard InChI is InChI=1S/C20H17FN2O2/c1-23(19(24)11-10-17-8-5-13-25-17)20(18-9-2-3-12-22-18)15-6-4-7-16(21)14-15/h2-14,20H,1H3/b11-10+/t20-/m0/s1. The highest BCUT2D eigenvalue weighted by Gasteiger charge is 2.23. The smallest absolute Gasteiger partial charge is 0.247 e. The average Bonchev–Trinajstić information content (AvgIpc) is 3.14. The normalized spacial score (nSPS) is 12.2. The van der Waals surface area contributed by atoms with Crippen LogP contribution in [0.2, 0.25) is 0 Å². The van der Waals surface area contributed by atoms with Gasteiger partial charge in [-0.05, 0) is 48.0 Å². The molecule has 0 saturated heterocycles. The first-order chi connectivity index (χ1) is 12.1. The fourth-order valence-electron chi connectivity index (χ4n) is 2.59. The van der Waals surface area contributed by atoms with Crippen molar-refractivity contribution in [1.82, 2.24) is 9.88 Å². The molecule has 2 aromatic heterocycles. The molecule has 25 heavy (non-hydrogen) atoms. The largest absolute Gasteiger partial charge is 0.465 e. The molecule has 2 heterocycles. The van der Waals surface area contributed by atoms with Crippen LogP contribution >= 0.6 is 0 Å². The van der Waals surface area contributed by atoms with E-state index < -0.39 is 6.04 Å². The number of nitrogens with zero attached hydrogens (tertiary/aromatic N) is 2. The SMILES string of the molecule is CN(C(=O)/C=C/c1ccco1)[C@@H](c1cccc(F)c1)c1ccccn1. The fourth-order valence-corrected chi connectivity index (χ4v) is 2.59. The lowest BCUT2D eigenvalue weighted by Gasteiger charge is -2.27.